The minimum Gasteiger partial charge on any atom is -0.397 e. The molecule has 0 atom stereocenters. The van der Waals surface area contributed by atoms with Crippen molar-refractivity contribution in [3.63, 3.8) is 0 Å². The fraction of sp³-hybridized carbons (Fsp3) is 0.182. The monoisotopic (exact) mass is 202 g/mol. The van der Waals surface area contributed by atoms with Crippen molar-refractivity contribution in [1.82, 2.24) is 9.55 Å². The lowest BCUT2D eigenvalue weighted by Gasteiger charge is -2.07. The lowest BCUT2D eigenvalue weighted by molar-refractivity contribution is 0.975. The molecule has 1 aromatic heterocycles. The van der Waals surface area contributed by atoms with Crippen LogP contribution in [0.15, 0.2) is 24.4 Å². The molecule has 2 rings (SSSR count). The maximum Gasteiger partial charge on any atom is 0.110 e. The summed E-state index contributed by atoms with van der Waals surface area (Å²) in [5.74, 6) is 0.941. The van der Waals surface area contributed by atoms with Crippen molar-refractivity contribution in [3.8, 4) is 5.69 Å². The molecule has 4 nitrogen and oxygen atoms in total. The van der Waals surface area contributed by atoms with Crippen molar-refractivity contribution in [2.45, 2.75) is 13.8 Å². The third-order valence-corrected chi connectivity index (χ3v) is 2.35. The molecule has 0 aliphatic carbocycles. The second-order valence-electron chi connectivity index (χ2n) is 3.61. The lowest BCUT2D eigenvalue weighted by atomic mass is 10.2. The number of nitrogens with zero attached hydrogens (tertiary/aromatic N) is 2. The minimum absolute atomic E-state index is 0.596. The van der Waals surface area contributed by atoms with E-state index in [9.17, 15) is 0 Å². The summed E-state index contributed by atoms with van der Waals surface area (Å²) in [6, 6.07) is 5.59. The van der Waals surface area contributed by atoms with Crippen LogP contribution in [0.4, 0.5) is 11.4 Å². The largest absolute Gasteiger partial charge is 0.397 e. The second-order valence-corrected chi connectivity index (χ2v) is 3.61. The van der Waals surface area contributed by atoms with Gasteiger partial charge < -0.3 is 16.0 Å². The number of hydrogen-bond acceptors (Lipinski definition) is 3. The van der Waals surface area contributed by atoms with Gasteiger partial charge in [0.25, 0.3) is 0 Å². The van der Waals surface area contributed by atoms with Gasteiger partial charge in [-0.15, -0.1) is 0 Å². The first-order valence-corrected chi connectivity index (χ1v) is 4.76. The molecule has 15 heavy (non-hydrogen) atoms. The zero-order chi connectivity index (χ0) is 11.0. The summed E-state index contributed by atoms with van der Waals surface area (Å²) in [5, 5.41) is 0. The van der Waals surface area contributed by atoms with Crippen molar-refractivity contribution in [2.75, 3.05) is 11.5 Å². The Labute approximate surface area is 88.5 Å². The summed E-state index contributed by atoms with van der Waals surface area (Å²) in [6.45, 7) is 3.92. The lowest BCUT2D eigenvalue weighted by Crippen LogP contribution is -1.99. The number of aromatic nitrogens is 2. The molecule has 2 aromatic rings. The quantitative estimate of drug-likeness (QED) is 0.691. The molecule has 0 saturated heterocycles. The van der Waals surface area contributed by atoms with E-state index in [2.05, 4.69) is 4.98 Å². The smallest absolute Gasteiger partial charge is 0.110 e. The number of imidazole rings is 1. The number of rotatable bonds is 1. The van der Waals surface area contributed by atoms with Gasteiger partial charge in [0.2, 0.25) is 0 Å². The Morgan fingerprint density at radius 1 is 1.13 bits per heavy atom. The maximum atomic E-state index is 5.76. The molecule has 0 radical (unpaired) electrons. The zero-order valence-electron chi connectivity index (χ0n) is 8.86. The summed E-state index contributed by atoms with van der Waals surface area (Å²) < 4.78 is 1.99. The van der Waals surface area contributed by atoms with Gasteiger partial charge in [0.05, 0.1) is 17.1 Å². The van der Waals surface area contributed by atoms with E-state index in [1.807, 2.05) is 36.7 Å². The third kappa shape index (κ3) is 1.66. The molecule has 0 bridgehead atoms. The molecule has 0 aliphatic rings. The molecule has 0 amide bonds. The predicted octanol–water partition coefficient (Wildman–Crippen LogP) is 1.65. The maximum absolute atomic E-state index is 5.76. The Hall–Kier alpha value is -1.97. The van der Waals surface area contributed by atoms with Gasteiger partial charge in [-0.05, 0) is 32.0 Å². The van der Waals surface area contributed by atoms with Crippen LogP contribution in [-0.4, -0.2) is 9.55 Å². The SMILES string of the molecule is Cc1cn(-c2ccc(N)c(N)c2)c(C)n1. The Kier molecular flexibility index (Phi) is 2.11. The van der Waals surface area contributed by atoms with Gasteiger partial charge in [-0.1, -0.05) is 0 Å². The molecular formula is C11H14N4. The average molecular weight is 202 g/mol. The fourth-order valence-electron chi connectivity index (χ4n) is 1.59. The van der Waals surface area contributed by atoms with Gasteiger partial charge in [0, 0.05) is 11.9 Å². The summed E-state index contributed by atoms with van der Waals surface area (Å²) in [7, 11) is 0. The van der Waals surface area contributed by atoms with E-state index in [-0.39, 0.29) is 0 Å². The van der Waals surface area contributed by atoms with Gasteiger partial charge in [0.1, 0.15) is 5.82 Å². The van der Waals surface area contributed by atoms with Crippen molar-refractivity contribution >= 4 is 11.4 Å². The van der Waals surface area contributed by atoms with Crippen LogP contribution in [0.5, 0.6) is 0 Å². The number of benzene rings is 1. The molecule has 1 aromatic carbocycles. The van der Waals surface area contributed by atoms with Crippen LogP contribution in [0.25, 0.3) is 5.69 Å². The first-order chi connectivity index (χ1) is 7.08. The highest BCUT2D eigenvalue weighted by atomic mass is 15.1. The molecule has 4 heteroatoms. The van der Waals surface area contributed by atoms with E-state index in [4.69, 9.17) is 11.5 Å². The highest BCUT2D eigenvalue weighted by Crippen LogP contribution is 2.20. The van der Waals surface area contributed by atoms with Crippen molar-refractivity contribution < 1.29 is 0 Å². The van der Waals surface area contributed by atoms with Crippen molar-refractivity contribution in [2.24, 2.45) is 0 Å². The van der Waals surface area contributed by atoms with Gasteiger partial charge >= 0.3 is 0 Å². The van der Waals surface area contributed by atoms with Crippen LogP contribution in [-0.2, 0) is 0 Å². The number of nitrogen functional groups attached to an aromatic ring is 2. The molecule has 0 fully saturated rings. The van der Waals surface area contributed by atoms with E-state index in [0.29, 0.717) is 11.4 Å². The summed E-state index contributed by atoms with van der Waals surface area (Å²) in [4.78, 5) is 4.33. The Bertz CT molecular complexity index is 499. The number of hydrogen-bond donors (Lipinski definition) is 2. The second kappa shape index (κ2) is 3.31. The molecular weight excluding hydrogens is 188 g/mol. The number of anilines is 2. The van der Waals surface area contributed by atoms with Crippen molar-refractivity contribution in [3.05, 3.63) is 35.9 Å². The van der Waals surface area contributed by atoms with Crippen LogP contribution in [0.1, 0.15) is 11.5 Å². The van der Waals surface area contributed by atoms with Gasteiger partial charge in [-0.2, -0.15) is 0 Å². The summed E-state index contributed by atoms with van der Waals surface area (Å²) >= 11 is 0. The molecule has 78 valence electrons. The molecule has 0 unspecified atom stereocenters. The third-order valence-electron chi connectivity index (χ3n) is 2.35. The average Bonchev–Trinajstić information content (AvgIpc) is 2.50. The molecule has 1 heterocycles. The fourth-order valence-corrected chi connectivity index (χ4v) is 1.59. The van der Waals surface area contributed by atoms with Gasteiger partial charge in [-0.3, -0.25) is 0 Å². The van der Waals surface area contributed by atoms with E-state index >= 15 is 0 Å². The zero-order valence-corrected chi connectivity index (χ0v) is 8.86. The van der Waals surface area contributed by atoms with Crippen LogP contribution in [0.3, 0.4) is 0 Å². The highest BCUT2D eigenvalue weighted by molar-refractivity contribution is 5.66. The van der Waals surface area contributed by atoms with E-state index < -0.39 is 0 Å². The van der Waals surface area contributed by atoms with Gasteiger partial charge in [-0.25, -0.2) is 4.98 Å². The molecule has 0 aliphatic heterocycles. The minimum atomic E-state index is 0.596. The Morgan fingerprint density at radius 2 is 1.87 bits per heavy atom. The molecule has 0 saturated carbocycles. The first-order valence-electron chi connectivity index (χ1n) is 4.76. The topological polar surface area (TPSA) is 69.9 Å². The highest BCUT2D eigenvalue weighted by Gasteiger charge is 2.04. The van der Waals surface area contributed by atoms with Crippen molar-refractivity contribution in [1.29, 1.82) is 0 Å². The Morgan fingerprint density at radius 3 is 2.40 bits per heavy atom. The van der Waals surface area contributed by atoms with Gasteiger partial charge in [0.15, 0.2) is 0 Å². The number of aryl methyl sites for hydroxylation is 2. The Balaban J connectivity index is 2.54. The van der Waals surface area contributed by atoms with Crippen LogP contribution >= 0.6 is 0 Å². The van der Waals surface area contributed by atoms with E-state index in [0.717, 1.165) is 17.2 Å². The van der Waals surface area contributed by atoms with E-state index in [1.165, 1.54) is 0 Å². The van der Waals surface area contributed by atoms with Crippen LogP contribution in [0.2, 0.25) is 0 Å². The van der Waals surface area contributed by atoms with Crippen LogP contribution < -0.4 is 11.5 Å². The van der Waals surface area contributed by atoms with Crippen LogP contribution in [0, 0.1) is 13.8 Å². The van der Waals surface area contributed by atoms with E-state index in [1.54, 1.807) is 6.07 Å². The molecule has 0 spiro atoms. The predicted molar refractivity (Wildman–Crippen MR) is 61.9 cm³/mol. The summed E-state index contributed by atoms with van der Waals surface area (Å²) in [6.07, 6.45) is 1.97. The number of nitrogens with two attached hydrogens (primary N) is 2. The standard InChI is InChI=1S/C11H14N4/c1-7-6-15(8(2)14-7)9-3-4-10(12)11(13)5-9/h3-6H,12-13H2,1-2H3. The first kappa shape index (κ1) is 9.58. The summed E-state index contributed by atoms with van der Waals surface area (Å²) in [5.41, 5.74) is 14.6. The normalized spacial score (nSPS) is 10.5. The molecule has 4 N–H and O–H groups in total.